The van der Waals surface area contributed by atoms with Crippen molar-refractivity contribution < 1.29 is 21.6 Å². The fourth-order valence-corrected chi connectivity index (χ4v) is 4.14. The maximum Gasteiger partial charge on any atom is 0.243 e. The van der Waals surface area contributed by atoms with Gasteiger partial charge in [0.1, 0.15) is 22.3 Å². The van der Waals surface area contributed by atoms with Crippen LogP contribution >= 0.6 is 0 Å². The molecule has 2 heterocycles. The lowest BCUT2D eigenvalue weighted by Crippen LogP contribution is -2.38. The summed E-state index contributed by atoms with van der Waals surface area (Å²) in [5.74, 6) is -0.793. The fourth-order valence-electron chi connectivity index (χ4n) is 2.97. The summed E-state index contributed by atoms with van der Waals surface area (Å²) in [6.45, 7) is 2.68. The summed E-state index contributed by atoms with van der Waals surface area (Å²) in [6, 6.07) is 6.23. The summed E-state index contributed by atoms with van der Waals surface area (Å²) >= 11 is 0. The van der Waals surface area contributed by atoms with Crippen LogP contribution in [0, 0.1) is 17.6 Å². The summed E-state index contributed by atoms with van der Waals surface area (Å²) in [6.07, 6.45) is 3.33. The van der Waals surface area contributed by atoms with Gasteiger partial charge in [-0.15, -0.1) is 0 Å². The van der Waals surface area contributed by atoms with Crippen LogP contribution in [-0.2, 0) is 16.6 Å². The Hall–Kier alpha value is -1.77. The molecule has 1 saturated heterocycles. The molecule has 0 unspecified atom stereocenters. The summed E-state index contributed by atoms with van der Waals surface area (Å²) in [5, 5.41) is 0. The van der Waals surface area contributed by atoms with Crippen LogP contribution in [-0.4, -0.2) is 33.0 Å². The quantitative estimate of drug-likeness (QED) is 0.849. The first-order chi connectivity index (χ1) is 11.9. The Morgan fingerprint density at radius 3 is 2.60 bits per heavy atom. The third-order valence-corrected chi connectivity index (χ3v) is 5.87. The van der Waals surface area contributed by atoms with Crippen molar-refractivity contribution in [3.63, 3.8) is 0 Å². The highest BCUT2D eigenvalue weighted by Gasteiger charge is 2.24. The molecule has 0 radical (unpaired) electrons. The van der Waals surface area contributed by atoms with Gasteiger partial charge in [-0.05, 0) is 56.1 Å². The minimum atomic E-state index is -3.98. The average Bonchev–Trinajstić information content (AvgIpc) is 3.07. The summed E-state index contributed by atoms with van der Waals surface area (Å²) in [5.41, 5.74) is 0. The monoisotopic (exact) mass is 370 g/mol. The van der Waals surface area contributed by atoms with Crippen molar-refractivity contribution in [3.05, 3.63) is 54.0 Å². The Labute approximate surface area is 145 Å². The second-order valence-corrected chi connectivity index (χ2v) is 7.96. The number of hydrogen-bond acceptors (Lipinski definition) is 4. The SMILES string of the molecule is O=S(=O)(NCC1CCN(Cc2ccco2)CC1)c1ccc(F)cc1F. The zero-order valence-corrected chi connectivity index (χ0v) is 14.4. The van der Waals surface area contributed by atoms with E-state index in [1.54, 1.807) is 6.26 Å². The van der Waals surface area contributed by atoms with Gasteiger partial charge in [-0.2, -0.15) is 0 Å². The van der Waals surface area contributed by atoms with Gasteiger partial charge in [0.15, 0.2) is 0 Å². The van der Waals surface area contributed by atoms with Crippen molar-refractivity contribution in [2.24, 2.45) is 5.92 Å². The molecule has 1 aliphatic rings. The fraction of sp³-hybridized carbons (Fsp3) is 0.412. The van der Waals surface area contributed by atoms with Gasteiger partial charge in [-0.3, -0.25) is 4.90 Å². The van der Waals surface area contributed by atoms with E-state index in [0.717, 1.165) is 50.4 Å². The van der Waals surface area contributed by atoms with Crippen LogP contribution in [0.15, 0.2) is 45.9 Å². The molecule has 0 saturated carbocycles. The minimum Gasteiger partial charge on any atom is -0.468 e. The molecule has 1 aliphatic heterocycles. The minimum absolute atomic E-state index is 0.186. The van der Waals surface area contributed by atoms with E-state index in [0.29, 0.717) is 6.07 Å². The predicted octanol–water partition coefficient (Wildman–Crippen LogP) is 2.75. The highest BCUT2D eigenvalue weighted by atomic mass is 32.2. The van der Waals surface area contributed by atoms with Gasteiger partial charge in [0.25, 0.3) is 0 Å². The highest BCUT2D eigenvalue weighted by Crippen LogP contribution is 2.20. The van der Waals surface area contributed by atoms with Crippen LogP contribution in [0.3, 0.4) is 0 Å². The molecule has 1 aromatic carbocycles. The molecular formula is C17H20F2N2O3S. The smallest absolute Gasteiger partial charge is 0.243 e. The lowest BCUT2D eigenvalue weighted by atomic mass is 9.97. The van der Waals surface area contributed by atoms with Crippen molar-refractivity contribution in [3.8, 4) is 0 Å². The van der Waals surface area contributed by atoms with E-state index in [-0.39, 0.29) is 12.5 Å². The first-order valence-corrected chi connectivity index (χ1v) is 9.62. The van der Waals surface area contributed by atoms with Gasteiger partial charge < -0.3 is 4.42 Å². The number of halogens is 2. The molecule has 1 aromatic heterocycles. The van der Waals surface area contributed by atoms with Crippen LogP contribution in [0.1, 0.15) is 18.6 Å². The van der Waals surface area contributed by atoms with Gasteiger partial charge in [-0.1, -0.05) is 0 Å². The van der Waals surface area contributed by atoms with Crippen LogP contribution in [0.4, 0.5) is 8.78 Å². The number of benzene rings is 1. The Balaban J connectivity index is 1.50. The van der Waals surface area contributed by atoms with Gasteiger partial charge in [0, 0.05) is 12.6 Å². The summed E-state index contributed by atoms with van der Waals surface area (Å²) in [7, 11) is -3.98. The molecule has 1 N–H and O–H groups in total. The van der Waals surface area contributed by atoms with Gasteiger partial charge >= 0.3 is 0 Å². The number of hydrogen-bond donors (Lipinski definition) is 1. The number of rotatable bonds is 6. The van der Waals surface area contributed by atoms with E-state index in [2.05, 4.69) is 9.62 Å². The van der Waals surface area contributed by atoms with Gasteiger partial charge in [0.05, 0.1) is 12.8 Å². The molecule has 5 nitrogen and oxygen atoms in total. The summed E-state index contributed by atoms with van der Waals surface area (Å²) in [4.78, 5) is 1.73. The maximum atomic E-state index is 13.7. The lowest BCUT2D eigenvalue weighted by Gasteiger charge is -2.31. The molecule has 1 fully saturated rings. The predicted molar refractivity (Wildman–Crippen MR) is 88.3 cm³/mol. The molecule has 0 atom stereocenters. The molecule has 25 heavy (non-hydrogen) atoms. The highest BCUT2D eigenvalue weighted by molar-refractivity contribution is 7.89. The largest absolute Gasteiger partial charge is 0.468 e. The molecule has 0 amide bonds. The normalized spacial score (nSPS) is 17.0. The maximum absolute atomic E-state index is 13.7. The van der Waals surface area contributed by atoms with Crippen LogP contribution in [0.25, 0.3) is 0 Å². The van der Waals surface area contributed by atoms with Crippen LogP contribution in [0.5, 0.6) is 0 Å². The second-order valence-electron chi connectivity index (χ2n) is 6.23. The first-order valence-electron chi connectivity index (χ1n) is 8.13. The van der Waals surface area contributed by atoms with Gasteiger partial charge in [-0.25, -0.2) is 21.9 Å². The van der Waals surface area contributed by atoms with E-state index < -0.39 is 26.6 Å². The zero-order chi connectivity index (χ0) is 17.9. The zero-order valence-electron chi connectivity index (χ0n) is 13.6. The molecule has 0 spiro atoms. The van der Waals surface area contributed by atoms with E-state index >= 15 is 0 Å². The number of nitrogens with one attached hydrogen (secondary N) is 1. The number of likely N-dealkylation sites (tertiary alicyclic amines) is 1. The number of sulfonamides is 1. The third-order valence-electron chi connectivity index (χ3n) is 4.41. The third kappa shape index (κ3) is 4.65. The van der Waals surface area contributed by atoms with E-state index in [1.807, 2.05) is 12.1 Å². The Morgan fingerprint density at radius 1 is 1.20 bits per heavy atom. The van der Waals surface area contributed by atoms with Crippen molar-refractivity contribution in [1.29, 1.82) is 0 Å². The van der Waals surface area contributed by atoms with Crippen molar-refractivity contribution in [1.82, 2.24) is 9.62 Å². The molecular weight excluding hydrogens is 350 g/mol. The van der Waals surface area contributed by atoms with E-state index in [4.69, 9.17) is 4.42 Å². The number of piperidine rings is 1. The molecule has 0 bridgehead atoms. The van der Waals surface area contributed by atoms with Crippen molar-refractivity contribution >= 4 is 10.0 Å². The molecule has 3 rings (SSSR count). The molecule has 0 aliphatic carbocycles. The first kappa shape index (κ1) is 18.0. The Kier molecular flexibility index (Phi) is 5.51. The van der Waals surface area contributed by atoms with Crippen LogP contribution in [0.2, 0.25) is 0 Å². The average molecular weight is 370 g/mol. The topological polar surface area (TPSA) is 62.6 Å². The van der Waals surface area contributed by atoms with Crippen molar-refractivity contribution in [2.45, 2.75) is 24.3 Å². The summed E-state index contributed by atoms with van der Waals surface area (Å²) < 4.78 is 58.7. The standard InChI is InChI=1S/C17H20F2N2O3S/c18-14-3-4-17(16(19)10-14)25(22,23)20-11-13-5-7-21(8-6-13)12-15-2-1-9-24-15/h1-4,9-10,13,20H,5-8,11-12H2. The van der Waals surface area contributed by atoms with Gasteiger partial charge in [0.2, 0.25) is 10.0 Å². The Morgan fingerprint density at radius 2 is 1.96 bits per heavy atom. The number of furan rings is 1. The second kappa shape index (κ2) is 7.63. The van der Waals surface area contributed by atoms with Crippen LogP contribution < -0.4 is 4.72 Å². The molecule has 2 aromatic rings. The van der Waals surface area contributed by atoms with E-state index in [1.165, 1.54) is 0 Å². The molecule has 8 heteroatoms. The Bertz CT molecular complexity index is 801. The lowest BCUT2D eigenvalue weighted by molar-refractivity contribution is 0.167. The number of nitrogens with zero attached hydrogens (tertiary/aromatic N) is 1. The van der Waals surface area contributed by atoms with E-state index in [9.17, 15) is 17.2 Å². The van der Waals surface area contributed by atoms with Crippen molar-refractivity contribution in [2.75, 3.05) is 19.6 Å². The molecule has 136 valence electrons.